The Hall–Kier alpha value is -1.44. The van der Waals surface area contributed by atoms with Crippen LogP contribution in [0, 0.1) is 0 Å². The van der Waals surface area contributed by atoms with Gasteiger partial charge in [0.25, 0.3) is 5.91 Å². The highest BCUT2D eigenvalue weighted by atomic mass is 16.5. The summed E-state index contributed by atoms with van der Waals surface area (Å²) in [6, 6.07) is 0. The van der Waals surface area contributed by atoms with Crippen molar-refractivity contribution in [1.29, 1.82) is 0 Å². The first-order valence-electron chi connectivity index (χ1n) is 7.72. The Labute approximate surface area is 129 Å². The summed E-state index contributed by atoms with van der Waals surface area (Å²) < 4.78 is 12.8. The molecule has 1 aromatic rings. The van der Waals surface area contributed by atoms with Gasteiger partial charge in [-0.05, 0) is 13.8 Å². The molecule has 1 fully saturated rings. The maximum Gasteiger partial charge on any atom is 0.274 e. The van der Waals surface area contributed by atoms with Gasteiger partial charge in [-0.1, -0.05) is 0 Å². The fraction of sp³-hybridized carbons (Fsp3) is 0.733. The van der Waals surface area contributed by atoms with Gasteiger partial charge in [0.2, 0.25) is 0 Å². The van der Waals surface area contributed by atoms with Gasteiger partial charge in [-0.2, -0.15) is 5.10 Å². The maximum absolute atomic E-state index is 12.6. The van der Waals surface area contributed by atoms with Crippen LogP contribution in [-0.2, 0) is 22.4 Å². The van der Waals surface area contributed by atoms with E-state index in [0.717, 1.165) is 11.3 Å². The SMILES string of the molecule is COCCn1nc(C(=O)N2CC(O)C2)c2c1[C@H](C)O[C@H](C)C2. The van der Waals surface area contributed by atoms with Crippen LogP contribution in [0.15, 0.2) is 0 Å². The number of β-amino-alcohol motifs (C(OH)–C–C–N with tert-alkyl or cyclic N) is 1. The molecule has 1 saturated heterocycles. The molecule has 1 N–H and O–H groups in total. The second-order valence-corrected chi connectivity index (χ2v) is 6.09. The third-order valence-corrected chi connectivity index (χ3v) is 4.27. The van der Waals surface area contributed by atoms with Crippen molar-refractivity contribution >= 4 is 5.91 Å². The minimum Gasteiger partial charge on any atom is -0.389 e. The molecule has 7 heteroatoms. The van der Waals surface area contributed by atoms with E-state index in [-0.39, 0.29) is 18.1 Å². The number of amides is 1. The van der Waals surface area contributed by atoms with Crippen LogP contribution in [0.1, 0.15) is 41.7 Å². The molecule has 22 heavy (non-hydrogen) atoms. The smallest absolute Gasteiger partial charge is 0.274 e. The van der Waals surface area contributed by atoms with Crippen molar-refractivity contribution in [2.75, 3.05) is 26.8 Å². The first-order chi connectivity index (χ1) is 10.5. The van der Waals surface area contributed by atoms with Gasteiger partial charge in [-0.15, -0.1) is 0 Å². The lowest BCUT2D eigenvalue weighted by atomic mass is 9.98. The fourth-order valence-corrected chi connectivity index (χ4v) is 3.21. The number of rotatable bonds is 4. The molecule has 0 radical (unpaired) electrons. The van der Waals surface area contributed by atoms with Crippen LogP contribution >= 0.6 is 0 Å². The molecule has 7 nitrogen and oxygen atoms in total. The quantitative estimate of drug-likeness (QED) is 0.869. The summed E-state index contributed by atoms with van der Waals surface area (Å²) in [5.41, 5.74) is 2.45. The molecule has 2 aliphatic heterocycles. The zero-order valence-corrected chi connectivity index (χ0v) is 13.3. The first-order valence-corrected chi connectivity index (χ1v) is 7.72. The molecule has 0 spiro atoms. The molecule has 1 aromatic heterocycles. The molecule has 2 atom stereocenters. The topological polar surface area (TPSA) is 76.8 Å². The number of hydrogen-bond donors (Lipinski definition) is 1. The summed E-state index contributed by atoms with van der Waals surface area (Å²) in [5.74, 6) is -0.0981. The van der Waals surface area contributed by atoms with E-state index in [1.807, 2.05) is 18.5 Å². The van der Waals surface area contributed by atoms with Crippen molar-refractivity contribution in [3.63, 3.8) is 0 Å². The van der Waals surface area contributed by atoms with Crippen LogP contribution in [-0.4, -0.2) is 64.7 Å². The predicted octanol–water partition coefficient (Wildman–Crippen LogP) is 0.368. The van der Waals surface area contributed by atoms with Crippen LogP contribution in [0.5, 0.6) is 0 Å². The van der Waals surface area contributed by atoms with Crippen molar-refractivity contribution in [2.24, 2.45) is 0 Å². The molecule has 3 rings (SSSR count). The minimum absolute atomic E-state index is 0.0658. The summed E-state index contributed by atoms with van der Waals surface area (Å²) in [4.78, 5) is 14.2. The van der Waals surface area contributed by atoms with Crippen LogP contribution in [0.4, 0.5) is 0 Å². The molecule has 1 amide bonds. The monoisotopic (exact) mass is 309 g/mol. The van der Waals surface area contributed by atoms with Crippen LogP contribution in [0.25, 0.3) is 0 Å². The Balaban J connectivity index is 1.94. The van der Waals surface area contributed by atoms with Gasteiger partial charge in [0, 0.05) is 32.2 Å². The summed E-state index contributed by atoms with van der Waals surface area (Å²) in [6.45, 7) is 5.90. The largest absolute Gasteiger partial charge is 0.389 e. The molecule has 0 saturated carbocycles. The van der Waals surface area contributed by atoms with E-state index < -0.39 is 6.10 Å². The number of hydrogen-bond acceptors (Lipinski definition) is 5. The van der Waals surface area contributed by atoms with E-state index in [1.165, 1.54) is 0 Å². The number of carbonyl (C=O) groups excluding carboxylic acids is 1. The van der Waals surface area contributed by atoms with E-state index in [2.05, 4.69) is 5.10 Å². The predicted molar refractivity (Wildman–Crippen MR) is 78.7 cm³/mol. The molecule has 3 heterocycles. The normalized spacial score (nSPS) is 25.0. The number of aromatic nitrogens is 2. The molecule has 0 aliphatic carbocycles. The molecule has 0 unspecified atom stereocenters. The summed E-state index contributed by atoms with van der Waals surface area (Å²) in [7, 11) is 1.64. The van der Waals surface area contributed by atoms with Crippen molar-refractivity contribution in [3.8, 4) is 0 Å². The first kappa shape index (κ1) is 15.5. The molecule has 2 aliphatic rings. The van der Waals surface area contributed by atoms with Gasteiger partial charge in [-0.25, -0.2) is 0 Å². The number of carbonyl (C=O) groups is 1. The van der Waals surface area contributed by atoms with Gasteiger partial charge in [-0.3, -0.25) is 9.48 Å². The summed E-state index contributed by atoms with van der Waals surface area (Å²) >= 11 is 0. The van der Waals surface area contributed by atoms with Gasteiger partial charge in [0.05, 0.1) is 37.2 Å². The third-order valence-electron chi connectivity index (χ3n) is 4.27. The molecule has 0 aromatic carbocycles. The number of nitrogens with zero attached hydrogens (tertiary/aromatic N) is 3. The Kier molecular flexibility index (Phi) is 4.20. The number of ether oxygens (including phenoxy) is 2. The lowest BCUT2D eigenvalue weighted by Crippen LogP contribution is -2.53. The van der Waals surface area contributed by atoms with Crippen LogP contribution in [0.2, 0.25) is 0 Å². The van der Waals surface area contributed by atoms with Gasteiger partial charge in [0.15, 0.2) is 5.69 Å². The zero-order valence-electron chi connectivity index (χ0n) is 13.3. The van der Waals surface area contributed by atoms with Crippen molar-refractivity contribution in [3.05, 3.63) is 17.0 Å². The van der Waals surface area contributed by atoms with Gasteiger partial charge >= 0.3 is 0 Å². The van der Waals surface area contributed by atoms with Crippen LogP contribution in [0.3, 0.4) is 0 Å². The Morgan fingerprint density at radius 1 is 1.45 bits per heavy atom. The lowest BCUT2D eigenvalue weighted by Gasteiger charge is -2.35. The summed E-state index contributed by atoms with van der Waals surface area (Å²) in [5, 5.41) is 13.9. The van der Waals surface area contributed by atoms with E-state index >= 15 is 0 Å². The van der Waals surface area contributed by atoms with E-state index in [4.69, 9.17) is 9.47 Å². The Morgan fingerprint density at radius 2 is 2.18 bits per heavy atom. The summed E-state index contributed by atoms with van der Waals surface area (Å²) in [6.07, 6.45) is 0.253. The van der Waals surface area contributed by atoms with E-state index in [1.54, 1.807) is 12.0 Å². The third kappa shape index (κ3) is 2.64. The average molecular weight is 309 g/mol. The zero-order chi connectivity index (χ0) is 15.9. The second kappa shape index (κ2) is 5.98. The Morgan fingerprint density at radius 3 is 2.82 bits per heavy atom. The van der Waals surface area contributed by atoms with E-state index in [9.17, 15) is 9.90 Å². The lowest BCUT2D eigenvalue weighted by molar-refractivity contribution is -0.0105. The highest BCUT2D eigenvalue weighted by Crippen LogP contribution is 2.33. The Bertz CT molecular complexity index is 565. The van der Waals surface area contributed by atoms with Gasteiger partial charge in [0.1, 0.15) is 0 Å². The number of methoxy groups -OCH3 is 1. The molecule has 122 valence electrons. The molecule has 0 bridgehead atoms. The van der Waals surface area contributed by atoms with Crippen molar-refractivity contribution < 1.29 is 19.4 Å². The number of likely N-dealkylation sites (tertiary alicyclic amines) is 1. The van der Waals surface area contributed by atoms with Crippen molar-refractivity contribution in [1.82, 2.24) is 14.7 Å². The number of aliphatic hydroxyl groups excluding tert-OH is 1. The molecular weight excluding hydrogens is 286 g/mol. The minimum atomic E-state index is -0.406. The van der Waals surface area contributed by atoms with Crippen LogP contribution < -0.4 is 0 Å². The fourth-order valence-electron chi connectivity index (χ4n) is 3.21. The molecular formula is C15H23N3O4. The maximum atomic E-state index is 12.6. The highest BCUT2D eigenvalue weighted by molar-refractivity contribution is 5.94. The average Bonchev–Trinajstić information content (AvgIpc) is 2.79. The van der Waals surface area contributed by atoms with E-state index in [0.29, 0.717) is 38.4 Å². The number of fused-ring (bicyclic) bond motifs is 1. The second-order valence-electron chi connectivity index (χ2n) is 6.09. The number of aliphatic hydroxyl groups is 1. The highest BCUT2D eigenvalue weighted by Gasteiger charge is 2.36. The standard InChI is InChI=1S/C15H23N3O4/c1-9-6-12-13(15(20)17-7-11(19)8-17)16-18(4-5-21-3)14(12)10(2)22-9/h9-11,19H,4-8H2,1-3H3/t9-,10+/m1/s1. The van der Waals surface area contributed by atoms with Crippen molar-refractivity contribution in [2.45, 2.75) is 45.1 Å². The van der Waals surface area contributed by atoms with Gasteiger partial charge < -0.3 is 19.5 Å².